The second kappa shape index (κ2) is 18.6. The van der Waals surface area contributed by atoms with Gasteiger partial charge in [-0.3, -0.25) is 0 Å². The van der Waals surface area contributed by atoms with Gasteiger partial charge < -0.3 is 0 Å². The fourth-order valence-corrected chi connectivity index (χ4v) is 7.13. The predicted octanol–water partition coefficient (Wildman–Crippen LogP) is 14.7. The van der Waals surface area contributed by atoms with Gasteiger partial charge in [-0.2, -0.15) is 0 Å². The monoisotopic (exact) mass is 634 g/mol. The lowest BCUT2D eigenvalue weighted by atomic mass is 9.92. The minimum absolute atomic E-state index is 0.865. The van der Waals surface area contributed by atoms with Crippen LogP contribution in [0.2, 0.25) is 0 Å². The summed E-state index contributed by atoms with van der Waals surface area (Å²) in [5, 5.41) is 0. The molecule has 5 aromatic rings. The lowest BCUT2D eigenvalue weighted by Crippen LogP contribution is -2.01. The Balaban J connectivity index is 1.15. The van der Waals surface area contributed by atoms with E-state index in [4.69, 9.17) is 0 Å². The number of unbranched alkanes of at least 4 members (excludes halogenated alkanes) is 2. The minimum atomic E-state index is 0.865. The van der Waals surface area contributed by atoms with Crippen molar-refractivity contribution in [3.63, 3.8) is 0 Å². The van der Waals surface area contributed by atoms with Gasteiger partial charge in [-0.05, 0) is 93.2 Å². The van der Waals surface area contributed by atoms with Gasteiger partial charge in [0.15, 0.2) is 0 Å². The summed E-state index contributed by atoms with van der Waals surface area (Å²) in [6.07, 6.45) is 15.7. The van der Waals surface area contributed by atoms with E-state index in [1.807, 2.05) is 0 Å². The maximum absolute atomic E-state index is 2.34. The van der Waals surface area contributed by atoms with Gasteiger partial charge in [0.1, 0.15) is 0 Å². The Labute approximate surface area is 292 Å². The third-order valence-electron chi connectivity index (χ3n) is 10.7. The molecule has 0 aliphatic carbocycles. The van der Waals surface area contributed by atoms with Gasteiger partial charge in [-0.15, -0.1) is 0 Å². The molecule has 5 aromatic carbocycles. The molecule has 0 N–H and O–H groups in total. The van der Waals surface area contributed by atoms with Crippen LogP contribution in [0.25, 0.3) is 44.5 Å². The molecular weight excluding hydrogens is 577 g/mol. The molecule has 0 amide bonds. The second-order valence-corrected chi connectivity index (χ2v) is 14.0. The van der Waals surface area contributed by atoms with E-state index in [-0.39, 0.29) is 0 Å². The van der Waals surface area contributed by atoms with E-state index in [2.05, 4.69) is 149 Å². The summed E-state index contributed by atoms with van der Waals surface area (Å²) in [7, 11) is 0. The molecule has 0 nitrogen and oxygen atoms in total. The normalized spacial score (nSPS) is 12.6. The van der Waals surface area contributed by atoms with Crippen LogP contribution < -0.4 is 0 Å². The van der Waals surface area contributed by atoms with E-state index < -0.39 is 0 Å². The Morgan fingerprint density at radius 1 is 0.312 bits per heavy atom. The zero-order chi connectivity index (χ0) is 33.6. The largest absolute Gasteiger partial charge is 0.0654 e. The third-order valence-corrected chi connectivity index (χ3v) is 10.7. The van der Waals surface area contributed by atoms with E-state index in [0.29, 0.717) is 0 Å². The van der Waals surface area contributed by atoms with Crippen molar-refractivity contribution in [3.05, 3.63) is 132 Å². The first-order valence-corrected chi connectivity index (χ1v) is 19.1. The average molecular weight is 635 g/mol. The molecule has 0 fully saturated rings. The standard InChI is InChI=1S/C48H58/c1-5-9-11-37(7-3)13-15-39-17-21-41(22-18-39)43-25-29-45(30-26-43)47-33-35-48(36-34-47)46-31-27-44(28-32-46)42-23-19-40(20-24-42)16-14-38(8-4)12-10-6-2/h17-38H,5-16H2,1-4H3. The number of hydrogen-bond donors (Lipinski definition) is 0. The van der Waals surface area contributed by atoms with Crippen molar-refractivity contribution in [3.8, 4) is 44.5 Å². The quantitative estimate of drug-likeness (QED) is 0.0899. The van der Waals surface area contributed by atoms with E-state index >= 15 is 0 Å². The lowest BCUT2D eigenvalue weighted by molar-refractivity contribution is 0.422. The minimum Gasteiger partial charge on any atom is -0.0654 e. The molecule has 0 heterocycles. The average Bonchev–Trinajstić information content (AvgIpc) is 3.16. The summed E-state index contributed by atoms with van der Waals surface area (Å²) in [5.74, 6) is 1.73. The van der Waals surface area contributed by atoms with Crippen LogP contribution in [0, 0.1) is 11.8 Å². The van der Waals surface area contributed by atoms with Crippen LogP contribution in [0.1, 0.15) is 103 Å². The SMILES string of the molecule is CCCCC(CC)CCc1ccc(-c2ccc(-c3ccc(-c4ccc(-c5ccc(CCC(CC)CCCC)cc5)cc4)cc3)cc2)cc1. The number of benzene rings is 5. The molecular formula is C48H58. The Bertz CT molecular complexity index is 1480. The Morgan fingerprint density at radius 3 is 0.750 bits per heavy atom. The highest BCUT2D eigenvalue weighted by atomic mass is 14.1. The van der Waals surface area contributed by atoms with E-state index in [1.165, 1.54) is 133 Å². The highest BCUT2D eigenvalue weighted by Gasteiger charge is 2.09. The smallest absolute Gasteiger partial charge is 0.0184 e. The van der Waals surface area contributed by atoms with Crippen molar-refractivity contribution in [2.45, 2.75) is 105 Å². The van der Waals surface area contributed by atoms with Gasteiger partial charge >= 0.3 is 0 Å². The van der Waals surface area contributed by atoms with Crippen molar-refractivity contribution in [1.82, 2.24) is 0 Å². The maximum Gasteiger partial charge on any atom is -0.0184 e. The zero-order valence-corrected chi connectivity index (χ0v) is 30.2. The number of aryl methyl sites for hydroxylation is 2. The van der Waals surface area contributed by atoms with Crippen LogP contribution in [0.15, 0.2) is 121 Å². The van der Waals surface area contributed by atoms with Gasteiger partial charge in [0.25, 0.3) is 0 Å². The molecule has 2 unspecified atom stereocenters. The predicted molar refractivity (Wildman–Crippen MR) is 211 cm³/mol. The molecule has 0 spiro atoms. The maximum atomic E-state index is 2.34. The molecule has 0 heteroatoms. The zero-order valence-electron chi connectivity index (χ0n) is 30.2. The van der Waals surface area contributed by atoms with Crippen LogP contribution in [0.4, 0.5) is 0 Å². The van der Waals surface area contributed by atoms with Crippen LogP contribution in [0.5, 0.6) is 0 Å². The van der Waals surface area contributed by atoms with Crippen LogP contribution >= 0.6 is 0 Å². The van der Waals surface area contributed by atoms with E-state index in [0.717, 1.165) is 11.8 Å². The highest BCUT2D eigenvalue weighted by Crippen LogP contribution is 2.30. The molecule has 5 rings (SSSR count). The highest BCUT2D eigenvalue weighted by molar-refractivity contribution is 5.75. The van der Waals surface area contributed by atoms with E-state index in [1.54, 1.807) is 0 Å². The summed E-state index contributed by atoms with van der Waals surface area (Å²) in [4.78, 5) is 0. The van der Waals surface area contributed by atoms with Crippen molar-refractivity contribution in [1.29, 1.82) is 0 Å². The first-order chi connectivity index (χ1) is 23.6. The molecule has 2 atom stereocenters. The van der Waals surface area contributed by atoms with Gasteiger partial charge in [0.05, 0.1) is 0 Å². The van der Waals surface area contributed by atoms with Crippen molar-refractivity contribution < 1.29 is 0 Å². The Kier molecular flexibility index (Phi) is 13.7. The first kappa shape index (κ1) is 35.4. The van der Waals surface area contributed by atoms with Gasteiger partial charge in [-0.25, -0.2) is 0 Å². The number of hydrogen-bond acceptors (Lipinski definition) is 0. The van der Waals surface area contributed by atoms with Gasteiger partial charge in [-0.1, -0.05) is 200 Å². The third kappa shape index (κ3) is 10.1. The van der Waals surface area contributed by atoms with Gasteiger partial charge in [0.2, 0.25) is 0 Å². The first-order valence-electron chi connectivity index (χ1n) is 19.1. The number of rotatable bonds is 18. The van der Waals surface area contributed by atoms with Crippen molar-refractivity contribution in [2.75, 3.05) is 0 Å². The molecule has 0 radical (unpaired) electrons. The molecule has 250 valence electrons. The topological polar surface area (TPSA) is 0 Å². The van der Waals surface area contributed by atoms with Crippen LogP contribution in [-0.4, -0.2) is 0 Å². The molecule has 48 heavy (non-hydrogen) atoms. The Hall–Kier alpha value is -3.90. The molecule has 0 aliphatic rings. The van der Waals surface area contributed by atoms with Gasteiger partial charge in [0, 0.05) is 0 Å². The second-order valence-electron chi connectivity index (χ2n) is 14.0. The summed E-state index contributed by atoms with van der Waals surface area (Å²) in [6, 6.07) is 45.6. The molecule has 0 saturated heterocycles. The summed E-state index contributed by atoms with van der Waals surface area (Å²) in [6.45, 7) is 9.28. The molecule has 0 aliphatic heterocycles. The summed E-state index contributed by atoms with van der Waals surface area (Å²) < 4.78 is 0. The molecule has 0 bridgehead atoms. The van der Waals surface area contributed by atoms with Crippen molar-refractivity contribution in [2.24, 2.45) is 11.8 Å². The molecule has 0 aromatic heterocycles. The summed E-state index contributed by atoms with van der Waals surface area (Å²) >= 11 is 0. The Morgan fingerprint density at radius 2 is 0.542 bits per heavy atom. The lowest BCUT2D eigenvalue weighted by Gasteiger charge is -2.14. The fraction of sp³-hybridized carbons (Fsp3) is 0.375. The fourth-order valence-electron chi connectivity index (χ4n) is 7.13. The van der Waals surface area contributed by atoms with Crippen LogP contribution in [0.3, 0.4) is 0 Å². The van der Waals surface area contributed by atoms with E-state index in [9.17, 15) is 0 Å². The molecule has 0 saturated carbocycles. The van der Waals surface area contributed by atoms with Crippen molar-refractivity contribution >= 4 is 0 Å². The van der Waals surface area contributed by atoms with Crippen LogP contribution in [-0.2, 0) is 12.8 Å². The summed E-state index contributed by atoms with van der Waals surface area (Å²) in [5.41, 5.74) is 13.1.